The summed E-state index contributed by atoms with van der Waals surface area (Å²) < 4.78 is 4.80. The molecule has 0 saturated heterocycles. The first-order chi connectivity index (χ1) is 8.95. The summed E-state index contributed by atoms with van der Waals surface area (Å²) in [4.78, 5) is 32.3. The minimum Gasteiger partial charge on any atom is -0.481 e. The maximum atomic E-state index is 11.7. The van der Waals surface area contributed by atoms with Crippen LogP contribution in [0.25, 0.3) is 0 Å². The molecule has 0 spiro atoms. The minimum atomic E-state index is -1.01. The number of carboxylic acids is 1. The number of carbonyl (C=O) groups is 2. The third-order valence-electron chi connectivity index (χ3n) is 2.41. The predicted molar refractivity (Wildman–Crippen MR) is 65.0 cm³/mol. The van der Waals surface area contributed by atoms with E-state index >= 15 is 0 Å². The van der Waals surface area contributed by atoms with Crippen molar-refractivity contribution in [1.29, 1.82) is 0 Å². The Balaban J connectivity index is 3.10. The molecule has 7 heteroatoms. The van der Waals surface area contributed by atoms with Gasteiger partial charge in [0.05, 0.1) is 17.1 Å². The Bertz CT molecular complexity index is 511. The van der Waals surface area contributed by atoms with E-state index in [1.807, 2.05) is 0 Å². The molecular formula is C12H13NO6. The second-order valence-electron chi connectivity index (χ2n) is 3.71. The molecule has 0 amide bonds. The standard InChI is InChI=1S/C12H13NO6/c1-2-19-12(16)10-7-9(13(17)18)5-3-8(10)4-6-11(14)15/h3,5,7H,2,4,6H2,1H3,(H,14,15). The van der Waals surface area contributed by atoms with Crippen LogP contribution in [-0.2, 0) is 16.0 Å². The highest BCUT2D eigenvalue weighted by Gasteiger charge is 2.18. The molecule has 1 aromatic carbocycles. The van der Waals surface area contributed by atoms with Crippen LogP contribution in [0, 0.1) is 10.1 Å². The molecule has 7 nitrogen and oxygen atoms in total. The first kappa shape index (κ1) is 14.6. The lowest BCUT2D eigenvalue weighted by atomic mass is 10.0. The Kier molecular flexibility index (Phi) is 4.99. The van der Waals surface area contributed by atoms with Gasteiger partial charge in [-0.15, -0.1) is 0 Å². The van der Waals surface area contributed by atoms with Gasteiger partial charge in [0, 0.05) is 18.6 Å². The number of nitro groups is 1. The number of hydrogen-bond acceptors (Lipinski definition) is 5. The summed E-state index contributed by atoms with van der Waals surface area (Å²) in [6.45, 7) is 1.76. The number of rotatable bonds is 6. The van der Waals surface area contributed by atoms with Crippen LogP contribution in [-0.4, -0.2) is 28.6 Å². The molecule has 0 saturated carbocycles. The van der Waals surface area contributed by atoms with Gasteiger partial charge >= 0.3 is 11.9 Å². The molecule has 0 atom stereocenters. The highest BCUT2D eigenvalue weighted by atomic mass is 16.6. The van der Waals surface area contributed by atoms with Crippen molar-refractivity contribution in [2.24, 2.45) is 0 Å². The van der Waals surface area contributed by atoms with Crippen molar-refractivity contribution < 1.29 is 24.4 Å². The third-order valence-corrected chi connectivity index (χ3v) is 2.41. The zero-order chi connectivity index (χ0) is 14.4. The molecule has 0 bridgehead atoms. The summed E-state index contributed by atoms with van der Waals surface area (Å²) in [6, 6.07) is 3.72. The van der Waals surface area contributed by atoms with E-state index in [1.165, 1.54) is 12.1 Å². The van der Waals surface area contributed by atoms with Crippen LogP contribution in [0.2, 0.25) is 0 Å². The number of benzene rings is 1. The quantitative estimate of drug-likeness (QED) is 0.478. The normalized spacial score (nSPS) is 9.95. The molecule has 1 aromatic rings. The van der Waals surface area contributed by atoms with E-state index in [4.69, 9.17) is 9.84 Å². The first-order valence-electron chi connectivity index (χ1n) is 5.62. The lowest BCUT2D eigenvalue weighted by Gasteiger charge is -2.07. The molecule has 102 valence electrons. The first-order valence-corrected chi connectivity index (χ1v) is 5.62. The molecule has 1 rings (SSSR count). The molecular weight excluding hydrogens is 254 g/mol. The topological polar surface area (TPSA) is 107 Å². The smallest absolute Gasteiger partial charge is 0.338 e. The number of aryl methyl sites for hydroxylation is 1. The van der Waals surface area contributed by atoms with Crippen LogP contribution < -0.4 is 0 Å². The van der Waals surface area contributed by atoms with Gasteiger partial charge in [0.15, 0.2) is 0 Å². The number of nitro benzene ring substituents is 1. The monoisotopic (exact) mass is 267 g/mol. The molecule has 0 aliphatic rings. The van der Waals surface area contributed by atoms with Gasteiger partial charge in [0.1, 0.15) is 0 Å². The number of nitrogens with zero attached hydrogens (tertiary/aromatic N) is 1. The highest BCUT2D eigenvalue weighted by molar-refractivity contribution is 5.92. The van der Waals surface area contributed by atoms with E-state index in [2.05, 4.69) is 0 Å². The van der Waals surface area contributed by atoms with Crippen molar-refractivity contribution in [3.63, 3.8) is 0 Å². The van der Waals surface area contributed by atoms with Crippen molar-refractivity contribution >= 4 is 17.6 Å². The van der Waals surface area contributed by atoms with Gasteiger partial charge in [-0.2, -0.15) is 0 Å². The Labute approximate surface area is 109 Å². The van der Waals surface area contributed by atoms with Crippen LogP contribution in [0.4, 0.5) is 5.69 Å². The van der Waals surface area contributed by atoms with E-state index in [0.717, 1.165) is 6.07 Å². The van der Waals surface area contributed by atoms with E-state index in [1.54, 1.807) is 6.92 Å². The maximum absolute atomic E-state index is 11.7. The van der Waals surface area contributed by atoms with Crippen LogP contribution in [0.1, 0.15) is 29.3 Å². The van der Waals surface area contributed by atoms with E-state index in [-0.39, 0.29) is 30.7 Å². The number of esters is 1. The maximum Gasteiger partial charge on any atom is 0.338 e. The number of hydrogen-bond donors (Lipinski definition) is 1. The van der Waals surface area contributed by atoms with Crippen molar-refractivity contribution in [1.82, 2.24) is 0 Å². The van der Waals surface area contributed by atoms with Crippen molar-refractivity contribution in [3.05, 3.63) is 39.4 Å². The fourth-order valence-corrected chi connectivity index (χ4v) is 1.54. The summed E-state index contributed by atoms with van der Waals surface area (Å²) >= 11 is 0. The van der Waals surface area contributed by atoms with Gasteiger partial charge in [-0.05, 0) is 18.9 Å². The molecule has 0 fully saturated rings. The molecule has 1 N–H and O–H groups in total. The molecule has 0 radical (unpaired) electrons. The fourth-order valence-electron chi connectivity index (χ4n) is 1.54. The number of non-ortho nitro benzene ring substituents is 1. The molecule has 0 unspecified atom stereocenters. The lowest BCUT2D eigenvalue weighted by Crippen LogP contribution is -2.10. The average Bonchev–Trinajstić information content (AvgIpc) is 2.36. The SMILES string of the molecule is CCOC(=O)c1cc([N+](=O)[O-])ccc1CCC(=O)O. The van der Waals surface area contributed by atoms with Gasteiger partial charge in [-0.3, -0.25) is 14.9 Å². The average molecular weight is 267 g/mol. The zero-order valence-electron chi connectivity index (χ0n) is 10.3. The Morgan fingerprint density at radius 3 is 2.63 bits per heavy atom. The van der Waals surface area contributed by atoms with Crippen LogP contribution in [0.15, 0.2) is 18.2 Å². The number of carbonyl (C=O) groups excluding carboxylic acids is 1. The summed E-state index contributed by atoms with van der Waals surface area (Å²) in [5.41, 5.74) is 0.228. The second-order valence-corrected chi connectivity index (χ2v) is 3.71. The van der Waals surface area contributed by atoms with Gasteiger partial charge in [0.2, 0.25) is 0 Å². The molecule has 19 heavy (non-hydrogen) atoms. The fraction of sp³-hybridized carbons (Fsp3) is 0.333. The summed E-state index contributed by atoms with van der Waals surface area (Å²) in [7, 11) is 0. The summed E-state index contributed by atoms with van der Waals surface area (Å²) in [5, 5.41) is 19.3. The van der Waals surface area contributed by atoms with E-state index in [9.17, 15) is 19.7 Å². The Morgan fingerprint density at radius 2 is 2.11 bits per heavy atom. The lowest BCUT2D eigenvalue weighted by molar-refractivity contribution is -0.384. The Morgan fingerprint density at radius 1 is 1.42 bits per heavy atom. The summed E-state index contributed by atoms with van der Waals surface area (Å²) in [5.74, 6) is -1.69. The number of carboxylic acid groups (broad SMARTS) is 1. The zero-order valence-corrected chi connectivity index (χ0v) is 10.3. The van der Waals surface area contributed by atoms with Gasteiger partial charge < -0.3 is 9.84 Å². The third kappa shape index (κ3) is 4.06. The van der Waals surface area contributed by atoms with Gasteiger partial charge in [-0.25, -0.2) is 4.79 Å². The van der Waals surface area contributed by atoms with Gasteiger partial charge in [0.25, 0.3) is 5.69 Å². The second kappa shape index (κ2) is 6.48. The van der Waals surface area contributed by atoms with Crippen molar-refractivity contribution in [2.45, 2.75) is 19.8 Å². The van der Waals surface area contributed by atoms with E-state index < -0.39 is 16.9 Å². The number of ether oxygens (including phenoxy) is 1. The number of aliphatic carboxylic acids is 1. The molecule has 0 heterocycles. The van der Waals surface area contributed by atoms with Crippen LogP contribution >= 0.6 is 0 Å². The predicted octanol–water partition coefficient (Wildman–Crippen LogP) is 1.79. The van der Waals surface area contributed by atoms with Crippen molar-refractivity contribution in [3.8, 4) is 0 Å². The van der Waals surface area contributed by atoms with E-state index in [0.29, 0.717) is 5.56 Å². The van der Waals surface area contributed by atoms with Crippen molar-refractivity contribution in [2.75, 3.05) is 6.61 Å². The van der Waals surface area contributed by atoms with Crippen LogP contribution in [0.5, 0.6) is 0 Å². The minimum absolute atomic E-state index is 0.0392. The largest absolute Gasteiger partial charge is 0.481 e. The molecule has 0 aromatic heterocycles. The highest BCUT2D eigenvalue weighted by Crippen LogP contribution is 2.20. The Hall–Kier alpha value is -2.44. The van der Waals surface area contributed by atoms with Crippen LogP contribution in [0.3, 0.4) is 0 Å². The molecule has 0 aliphatic heterocycles. The molecule has 0 aliphatic carbocycles. The summed E-state index contributed by atoms with van der Waals surface area (Å²) in [6.07, 6.45) is -0.0499. The van der Waals surface area contributed by atoms with Gasteiger partial charge in [-0.1, -0.05) is 6.07 Å².